The number of aromatic nitrogens is 2. The largest absolute Gasteiger partial charge is 0.373 e. The van der Waals surface area contributed by atoms with Gasteiger partial charge in [-0.1, -0.05) is 18.2 Å². The third-order valence-corrected chi connectivity index (χ3v) is 4.46. The standard InChI is InChI=1S/C14H12N2OS/c1-2-4-14-11(3-1)12(8-18-14)13-7-17-6-10-5-15-9-16(10)13/h1-5,8-9,13H,6-7H2. The van der Waals surface area contributed by atoms with Crippen LogP contribution in [0.25, 0.3) is 10.1 Å². The average Bonchev–Trinajstić information content (AvgIpc) is 3.05. The summed E-state index contributed by atoms with van der Waals surface area (Å²) in [7, 11) is 0. The van der Waals surface area contributed by atoms with Crippen LogP contribution in [0.5, 0.6) is 0 Å². The van der Waals surface area contributed by atoms with Crippen LogP contribution in [0.3, 0.4) is 0 Å². The Bertz CT molecular complexity index is 700. The van der Waals surface area contributed by atoms with Crippen molar-refractivity contribution in [2.75, 3.05) is 6.61 Å². The molecule has 0 bridgehead atoms. The first-order chi connectivity index (χ1) is 8.93. The molecule has 1 aromatic carbocycles. The van der Waals surface area contributed by atoms with Gasteiger partial charge in [-0.05, 0) is 22.4 Å². The molecule has 4 heteroatoms. The number of hydrogen-bond acceptors (Lipinski definition) is 3. The highest BCUT2D eigenvalue weighted by Crippen LogP contribution is 2.34. The van der Waals surface area contributed by atoms with Gasteiger partial charge in [-0.2, -0.15) is 0 Å². The SMILES string of the molecule is c1ccc2c(C3COCc4cncn43)csc2c1. The third-order valence-electron chi connectivity index (χ3n) is 3.48. The highest BCUT2D eigenvalue weighted by molar-refractivity contribution is 7.17. The molecule has 1 aliphatic rings. The summed E-state index contributed by atoms with van der Waals surface area (Å²) in [4.78, 5) is 4.23. The van der Waals surface area contributed by atoms with E-state index in [4.69, 9.17) is 4.74 Å². The van der Waals surface area contributed by atoms with Crippen LogP contribution in [0.4, 0.5) is 0 Å². The lowest BCUT2D eigenvalue weighted by molar-refractivity contribution is 0.0700. The van der Waals surface area contributed by atoms with E-state index in [-0.39, 0.29) is 6.04 Å². The third kappa shape index (κ3) is 1.43. The monoisotopic (exact) mass is 256 g/mol. The van der Waals surface area contributed by atoms with Gasteiger partial charge in [0.25, 0.3) is 0 Å². The first-order valence-corrected chi connectivity index (χ1v) is 6.86. The number of ether oxygens (including phenoxy) is 1. The Morgan fingerprint density at radius 1 is 1.33 bits per heavy atom. The topological polar surface area (TPSA) is 27.1 Å². The van der Waals surface area contributed by atoms with E-state index in [1.807, 2.05) is 12.5 Å². The van der Waals surface area contributed by atoms with Crippen molar-refractivity contribution < 1.29 is 4.74 Å². The first-order valence-electron chi connectivity index (χ1n) is 5.98. The van der Waals surface area contributed by atoms with Gasteiger partial charge in [-0.3, -0.25) is 0 Å². The van der Waals surface area contributed by atoms with Crippen LogP contribution in [-0.2, 0) is 11.3 Å². The fraction of sp³-hybridized carbons (Fsp3) is 0.214. The molecule has 0 saturated heterocycles. The maximum absolute atomic E-state index is 5.68. The van der Waals surface area contributed by atoms with E-state index >= 15 is 0 Å². The second-order valence-electron chi connectivity index (χ2n) is 4.51. The molecule has 0 saturated carbocycles. The number of hydrogen-bond donors (Lipinski definition) is 0. The highest BCUT2D eigenvalue weighted by atomic mass is 32.1. The molecule has 1 unspecified atom stereocenters. The molecule has 0 spiro atoms. The number of benzene rings is 1. The van der Waals surface area contributed by atoms with Gasteiger partial charge in [-0.25, -0.2) is 4.98 Å². The summed E-state index contributed by atoms with van der Waals surface area (Å²) in [5, 5.41) is 3.58. The van der Waals surface area contributed by atoms with Gasteiger partial charge in [0, 0.05) is 4.70 Å². The zero-order chi connectivity index (χ0) is 11.9. The van der Waals surface area contributed by atoms with Crippen molar-refractivity contribution in [1.82, 2.24) is 9.55 Å². The van der Waals surface area contributed by atoms with E-state index in [9.17, 15) is 0 Å². The Balaban J connectivity index is 1.90. The van der Waals surface area contributed by atoms with Crippen molar-refractivity contribution in [3.05, 3.63) is 53.4 Å². The van der Waals surface area contributed by atoms with Crippen molar-refractivity contribution in [2.45, 2.75) is 12.6 Å². The Morgan fingerprint density at radius 3 is 3.28 bits per heavy atom. The second kappa shape index (κ2) is 3.93. The molecule has 2 aromatic heterocycles. The molecule has 3 heterocycles. The van der Waals surface area contributed by atoms with Crippen molar-refractivity contribution in [3.63, 3.8) is 0 Å². The molecule has 0 radical (unpaired) electrons. The summed E-state index contributed by atoms with van der Waals surface area (Å²) in [6.07, 6.45) is 3.80. The van der Waals surface area contributed by atoms with Crippen molar-refractivity contribution >= 4 is 21.4 Å². The van der Waals surface area contributed by atoms with E-state index in [1.165, 1.54) is 15.6 Å². The van der Waals surface area contributed by atoms with Crippen LogP contribution < -0.4 is 0 Å². The number of thiophene rings is 1. The van der Waals surface area contributed by atoms with Crippen LogP contribution in [0, 0.1) is 0 Å². The summed E-state index contributed by atoms with van der Waals surface area (Å²) in [5.41, 5.74) is 2.50. The van der Waals surface area contributed by atoms with Gasteiger partial charge in [0.05, 0.1) is 37.5 Å². The van der Waals surface area contributed by atoms with E-state index in [1.54, 1.807) is 11.3 Å². The maximum atomic E-state index is 5.68. The smallest absolute Gasteiger partial charge is 0.0955 e. The Hall–Kier alpha value is -1.65. The maximum Gasteiger partial charge on any atom is 0.0955 e. The van der Waals surface area contributed by atoms with E-state index < -0.39 is 0 Å². The predicted octanol–water partition coefficient (Wildman–Crippen LogP) is 3.22. The summed E-state index contributed by atoms with van der Waals surface area (Å²) in [6.45, 7) is 1.39. The average molecular weight is 256 g/mol. The van der Waals surface area contributed by atoms with Crippen molar-refractivity contribution in [3.8, 4) is 0 Å². The van der Waals surface area contributed by atoms with Crippen molar-refractivity contribution in [2.24, 2.45) is 0 Å². The molecule has 0 fully saturated rings. The highest BCUT2D eigenvalue weighted by Gasteiger charge is 2.23. The molecule has 90 valence electrons. The summed E-state index contributed by atoms with van der Waals surface area (Å²) in [6, 6.07) is 8.79. The Labute approximate surface area is 109 Å². The normalized spacial score (nSPS) is 19.0. The lowest BCUT2D eigenvalue weighted by atomic mass is 10.1. The minimum Gasteiger partial charge on any atom is -0.373 e. The molecule has 4 rings (SSSR count). The number of fused-ring (bicyclic) bond motifs is 2. The zero-order valence-electron chi connectivity index (χ0n) is 9.74. The molecule has 0 aliphatic carbocycles. The summed E-state index contributed by atoms with van der Waals surface area (Å²) < 4.78 is 9.25. The van der Waals surface area contributed by atoms with Crippen molar-refractivity contribution in [1.29, 1.82) is 0 Å². The number of nitrogens with zero attached hydrogens (tertiary/aromatic N) is 2. The van der Waals surface area contributed by atoms with Gasteiger partial charge in [-0.15, -0.1) is 11.3 Å². The molecule has 3 aromatic rings. The lowest BCUT2D eigenvalue weighted by Crippen LogP contribution is -2.23. The van der Waals surface area contributed by atoms with E-state index in [2.05, 4.69) is 39.2 Å². The quantitative estimate of drug-likeness (QED) is 0.668. The van der Waals surface area contributed by atoms with Crippen LogP contribution >= 0.6 is 11.3 Å². The van der Waals surface area contributed by atoms with Crippen LogP contribution in [0.2, 0.25) is 0 Å². The summed E-state index contributed by atoms with van der Waals surface area (Å²) in [5.74, 6) is 0. The Kier molecular flexibility index (Phi) is 2.25. The van der Waals surface area contributed by atoms with Crippen LogP contribution in [0.1, 0.15) is 17.3 Å². The second-order valence-corrected chi connectivity index (χ2v) is 5.42. The fourth-order valence-electron chi connectivity index (χ4n) is 2.58. The molecule has 0 amide bonds. The lowest BCUT2D eigenvalue weighted by Gasteiger charge is -2.25. The fourth-order valence-corrected chi connectivity index (χ4v) is 3.58. The number of rotatable bonds is 1. The first kappa shape index (κ1) is 10.3. The number of imidazole rings is 1. The minimum atomic E-state index is 0.257. The van der Waals surface area contributed by atoms with E-state index in [0.29, 0.717) is 6.61 Å². The molecular weight excluding hydrogens is 244 g/mol. The van der Waals surface area contributed by atoms with Gasteiger partial charge >= 0.3 is 0 Å². The zero-order valence-corrected chi connectivity index (χ0v) is 10.6. The summed E-state index contributed by atoms with van der Waals surface area (Å²) >= 11 is 1.80. The molecule has 3 nitrogen and oxygen atoms in total. The molecule has 1 atom stereocenters. The Morgan fingerprint density at radius 2 is 2.28 bits per heavy atom. The van der Waals surface area contributed by atoms with E-state index in [0.717, 1.165) is 12.3 Å². The minimum absolute atomic E-state index is 0.257. The molecule has 18 heavy (non-hydrogen) atoms. The van der Waals surface area contributed by atoms with Gasteiger partial charge in [0.2, 0.25) is 0 Å². The molecular formula is C14H12N2OS. The van der Waals surface area contributed by atoms with Crippen LogP contribution in [0.15, 0.2) is 42.2 Å². The van der Waals surface area contributed by atoms with Crippen LogP contribution in [-0.4, -0.2) is 16.2 Å². The molecule has 1 aliphatic heterocycles. The van der Waals surface area contributed by atoms with Gasteiger partial charge < -0.3 is 9.30 Å². The van der Waals surface area contributed by atoms with Gasteiger partial charge in [0.15, 0.2) is 0 Å². The predicted molar refractivity (Wildman–Crippen MR) is 71.8 cm³/mol. The van der Waals surface area contributed by atoms with Gasteiger partial charge in [0.1, 0.15) is 0 Å². The molecule has 0 N–H and O–H groups in total.